The Kier molecular flexibility index (Phi) is 3.99. The molecule has 2 N–H and O–H groups in total. The summed E-state index contributed by atoms with van der Waals surface area (Å²) in [5, 5.41) is 3.32. The number of hydrogen-bond acceptors (Lipinski definition) is 3. The summed E-state index contributed by atoms with van der Waals surface area (Å²) in [6, 6.07) is 0.629. The Morgan fingerprint density at radius 1 is 1.65 bits per heavy atom. The van der Waals surface area contributed by atoms with Gasteiger partial charge in [0, 0.05) is 31.4 Å². The Morgan fingerprint density at radius 2 is 2.41 bits per heavy atom. The zero-order valence-electron chi connectivity index (χ0n) is 10.5. The average molecular weight is 252 g/mol. The first-order valence-corrected chi connectivity index (χ1v) is 7.04. The van der Waals surface area contributed by atoms with Gasteiger partial charge in [-0.15, -0.1) is 11.3 Å². The number of guanidine groups is 1. The van der Waals surface area contributed by atoms with Crippen molar-refractivity contribution in [3.05, 3.63) is 16.1 Å². The van der Waals surface area contributed by atoms with Crippen LogP contribution in [-0.4, -0.2) is 35.5 Å². The van der Waals surface area contributed by atoms with Crippen LogP contribution < -0.4 is 5.73 Å². The highest BCUT2D eigenvalue weighted by Gasteiger charge is 2.27. The van der Waals surface area contributed by atoms with E-state index in [-0.39, 0.29) is 0 Å². The number of aryl methyl sites for hydroxylation is 1. The topological polar surface area (TPSA) is 54.5 Å². The highest BCUT2D eigenvalue weighted by Crippen LogP contribution is 2.24. The van der Waals surface area contributed by atoms with Crippen molar-refractivity contribution in [1.29, 1.82) is 0 Å². The van der Waals surface area contributed by atoms with Crippen LogP contribution in [0.3, 0.4) is 0 Å². The van der Waals surface area contributed by atoms with E-state index in [9.17, 15) is 0 Å². The maximum absolute atomic E-state index is 5.91. The first-order valence-electron chi connectivity index (χ1n) is 6.16. The Bertz CT molecular complexity index is 395. The van der Waals surface area contributed by atoms with Gasteiger partial charge in [-0.2, -0.15) is 0 Å². The van der Waals surface area contributed by atoms with E-state index in [0.29, 0.717) is 12.0 Å². The third-order valence-electron chi connectivity index (χ3n) is 3.00. The smallest absolute Gasteiger partial charge is 0.191 e. The number of aliphatic imine (C=N–C) groups is 1. The number of hydrogen-bond donors (Lipinski definition) is 1. The Hall–Kier alpha value is -1.10. The minimum absolute atomic E-state index is 0.629. The molecule has 0 radical (unpaired) electrons. The van der Waals surface area contributed by atoms with Crippen molar-refractivity contribution in [2.45, 2.75) is 38.6 Å². The summed E-state index contributed by atoms with van der Waals surface area (Å²) in [5.41, 5.74) is 7.05. The van der Waals surface area contributed by atoms with Crippen molar-refractivity contribution in [3.63, 3.8) is 0 Å². The second-order valence-electron chi connectivity index (χ2n) is 4.42. The first-order chi connectivity index (χ1) is 8.20. The van der Waals surface area contributed by atoms with Crippen molar-refractivity contribution < 1.29 is 0 Å². The predicted octanol–water partition coefficient (Wildman–Crippen LogP) is 1.66. The molecule has 1 aliphatic carbocycles. The van der Waals surface area contributed by atoms with E-state index in [0.717, 1.165) is 25.1 Å². The zero-order valence-corrected chi connectivity index (χ0v) is 11.3. The molecule has 0 saturated heterocycles. The van der Waals surface area contributed by atoms with E-state index >= 15 is 0 Å². The SMILES string of the molecule is CCc1nc(CCN=C(N)N(C)C2CC2)cs1. The number of nitrogens with zero attached hydrogens (tertiary/aromatic N) is 3. The number of rotatable bonds is 5. The molecule has 1 aromatic heterocycles. The molecule has 1 aliphatic rings. The lowest BCUT2D eigenvalue weighted by Crippen LogP contribution is -2.35. The predicted molar refractivity (Wildman–Crippen MR) is 72.5 cm³/mol. The molecular weight excluding hydrogens is 232 g/mol. The molecule has 0 amide bonds. The van der Waals surface area contributed by atoms with Gasteiger partial charge in [-0.25, -0.2) is 4.98 Å². The van der Waals surface area contributed by atoms with Gasteiger partial charge < -0.3 is 10.6 Å². The monoisotopic (exact) mass is 252 g/mol. The molecule has 5 heteroatoms. The van der Waals surface area contributed by atoms with Crippen molar-refractivity contribution in [3.8, 4) is 0 Å². The third kappa shape index (κ3) is 3.43. The van der Waals surface area contributed by atoms with Crippen molar-refractivity contribution in [2.75, 3.05) is 13.6 Å². The van der Waals surface area contributed by atoms with Crippen LogP contribution >= 0.6 is 11.3 Å². The van der Waals surface area contributed by atoms with Crippen LogP contribution in [0, 0.1) is 0 Å². The summed E-state index contributed by atoms with van der Waals surface area (Å²) in [6.07, 6.45) is 4.40. The van der Waals surface area contributed by atoms with Gasteiger partial charge in [0.2, 0.25) is 0 Å². The van der Waals surface area contributed by atoms with Gasteiger partial charge in [-0.1, -0.05) is 6.92 Å². The Morgan fingerprint density at radius 3 is 3.00 bits per heavy atom. The largest absolute Gasteiger partial charge is 0.370 e. The molecule has 0 atom stereocenters. The summed E-state index contributed by atoms with van der Waals surface area (Å²) in [5.74, 6) is 0.665. The lowest BCUT2D eigenvalue weighted by molar-refractivity contribution is 0.487. The summed E-state index contributed by atoms with van der Waals surface area (Å²) in [6.45, 7) is 2.86. The minimum atomic E-state index is 0.629. The van der Waals surface area contributed by atoms with Gasteiger partial charge in [-0.3, -0.25) is 4.99 Å². The van der Waals surface area contributed by atoms with Gasteiger partial charge in [0.05, 0.1) is 10.7 Å². The molecular formula is C12H20N4S. The molecule has 17 heavy (non-hydrogen) atoms. The van der Waals surface area contributed by atoms with Crippen LogP contribution in [0.4, 0.5) is 0 Å². The van der Waals surface area contributed by atoms with Crippen LogP contribution in [0.2, 0.25) is 0 Å². The molecule has 0 bridgehead atoms. The fourth-order valence-electron chi connectivity index (χ4n) is 1.67. The molecule has 0 spiro atoms. The van der Waals surface area contributed by atoms with Crippen molar-refractivity contribution in [2.24, 2.45) is 10.7 Å². The van der Waals surface area contributed by atoms with Crippen LogP contribution in [0.15, 0.2) is 10.4 Å². The van der Waals surface area contributed by atoms with Crippen LogP contribution in [-0.2, 0) is 12.8 Å². The molecule has 1 aromatic rings. The van der Waals surface area contributed by atoms with E-state index in [1.165, 1.54) is 17.8 Å². The highest BCUT2D eigenvalue weighted by atomic mass is 32.1. The van der Waals surface area contributed by atoms with E-state index in [1.54, 1.807) is 11.3 Å². The molecule has 0 aliphatic heterocycles. The lowest BCUT2D eigenvalue weighted by atomic mass is 10.3. The van der Waals surface area contributed by atoms with E-state index in [2.05, 4.69) is 27.2 Å². The highest BCUT2D eigenvalue weighted by molar-refractivity contribution is 7.09. The fraction of sp³-hybridized carbons (Fsp3) is 0.667. The van der Waals surface area contributed by atoms with Crippen LogP contribution in [0.5, 0.6) is 0 Å². The molecule has 0 aromatic carbocycles. The normalized spacial score (nSPS) is 16.2. The van der Waals surface area contributed by atoms with Crippen LogP contribution in [0.25, 0.3) is 0 Å². The minimum Gasteiger partial charge on any atom is -0.370 e. The number of aromatic nitrogens is 1. The molecule has 1 saturated carbocycles. The fourth-order valence-corrected chi connectivity index (χ4v) is 2.45. The maximum Gasteiger partial charge on any atom is 0.191 e. The van der Waals surface area contributed by atoms with Crippen molar-refractivity contribution in [1.82, 2.24) is 9.88 Å². The van der Waals surface area contributed by atoms with Crippen molar-refractivity contribution >= 4 is 17.3 Å². The lowest BCUT2D eigenvalue weighted by Gasteiger charge is -2.16. The van der Waals surface area contributed by atoms with Gasteiger partial charge >= 0.3 is 0 Å². The standard InChI is InChI=1S/C12H20N4S/c1-3-11-15-9(8-17-11)6-7-14-12(13)16(2)10-4-5-10/h8,10H,3-7H2,1-2H3,(H2,13,14). The first kappa shape index (κ1) is 12.4. The number of thiazole rings is 1. The van der Waals surface area contributed by atoms with E-state index < -0.39 is 0 Å². The molecule has 4 nitrogen and oxygen atoms in total. The summed E-state index contributed by atoms with van der Waals surface area (Å²) in [4.78, 5) is 11.0. The Balaban J connectivity index is 1.79. The number of nitrogens with two attached hydrogens (primary N) is 1. The zero-order chi connectivity index (χ0) is 12.3. The van der Waals surface area contributed by atoms with Crippen LogP contribution in [0.1, 0.15) is 30.5 Å². The maximum atomic E-state index is 5.91. The molecule has 1 fully saturated rings. The van der Waals surface area contributed by atoms with Gasteiger partial charge in [-0.05, 0) is 19.3 Å². The van der Waals surface area contributed by atoms with E-state index in [4.69, 9.17) is 5.73 Å². The second-order valence-corrected chi connectivity index (χ2v) is 5.36. The molecule has 0 unspecified atom stereocenters. The van der Waals surface area contributed by atoms with Gasteiger partial charge in [0.1, 0.15) is 0 Å². The average Bonchev–Trinajstić information content (AvgIpc) is 3.08. The summed E-state index contributed by atoms with van der Waals surface area (Å²) in [7, 11) is 2.02. The molecule has 1 heterocycles. The Labute approximate surface area is 107 Å². The summed E-state index contributed by atoms with van der Waals surface area (Å²) >= 11 is 1.73. The third-order valence-corrected chi connectivity index (χ3v) is 4.04. The quantitative estimate of drug-likeness (QED) is 0.640. The molecule has 2 rings (SSSR count). The van der Waals surface area contributed by atoms with Gasteiger partial charge in [0.25, 0.3) is 0 Å². The van der Waals surface area contributed by atoms with Gasteiger partial charge in [0.15, 0.2) is 5.96 Å². The molecule has 94 valence electrons. The van der Waals surface area contributed by atoms with E-state index in [1.807, 2.05) is 7.05 Å². The summed E-state index contributed by atoms with van der Waals surface area (Å²) < 4.78 is 0. The second kappa shape index (κ2) is 5.49.